The second-order valence-electron chi connectivity index (χ2n) is 3.73. The fraction of sp³-hybridized carbons (Fsp3) is 0.143. The molecule has 0 spiro atoms. The number of carbonyl (C=O) groups is 1. The summed E-state index contributed by atoms with van der Waals surface area (Å²) in [4.78, 5) is 14.9. The van der Waals surface area contributed by atoms with Crippen LogP contribution in [0.15, 0.2) is 48.8 Å². The van der Waals surface area contributed by atoms with Gasteiger partial charge in [-0.1, -0.05) is 30.3 Å². The summed E-state index contributed by atoms with van der Waals surface area (Å²) in [5.41, 5.74) is 2.00. The van der Waals surface area contributed by atoms with Crippen LogP contribution in [-0.2, 0) is 4.79 Å². The van der Waals surface area contributed by atoms with Gasteiger partial charge < -0.3 is 4.74 Å². The highest BCUT2D eigenvalue weighted by Gasteiger charge is 2.06. The van der Waals surface area contributed by atoms with Gasteiger partial charge in [0.2, 0.25) is 0 Å². The molecule has 0 fully saturated rings. The first-order chi connectivity index (χ1) is 8.27. The molecule has 2 rings (SSSR count). The zero-order valence-electron chi connectivity index (χ0n) is 9.59. The highest BCUT2D eigenvalue weighted by molar-refractivity contribution is 5.77. The Morgan fingerprint density at radius 2 is 2.00 bits per heavy atom. The molecule has 0 aliphatic carbocycles. The molecule has 0 aliphatic heterocycles. The molecule has 0 unspecified atom stereocenters. The highest BCUT2D eigenvalue weighted by atomic mass is 16.5. The summed E-state index contributed by atoms with van der Waals surface area (Å²) in [6.45, 7) is 1.57. The van der Waals surface area contributed by atoms with Crippen molar-refractivity contribution in [3.8, 4) is 16.9 Å². The number of aromatic nitrogens is 1. The fourth-order valence-electron chi connectivity index (χ4n) is 1.53. The first kappa shape index (κ1) is 11.3. The molecule has 1 heterocycles. The summed E-state index contributed by atoms with van der Waals surface area (Å²) in [5, 5.41) is 0. The van der Waals surface area contributed by atoms with E-state index in [9.17, 15) is 4.79 Å². The molecule has 0 amide bonds. The molecule has 1 aromatic carbocycles. The first-order valence-electron chi connectivity index (χ1n) is 5.39. The Kier molecular flexibility index (Phi) is 3.50. The van der Waals surface area contributed by atoms with Crippen molar-refractivity contribution in [1.29, 1.82) is 0 Å². The zero-order valence-corrected chi connectivity index (χ0v) is 9.59. The molecule has 3 nitrogen and oxygen atoms in total. The topological polar surface area (TPSA) is 39.2 Å². The lowest BCUT2D eigenvalue weighted by atomic mass is 10.1. The standard InChI is InChI=1S/C14H13NO2/c1-11(16)10-17-14-9-15-8-7-13(14)12-5-3-2-4-6-12/h2-9H,10H2,1H3. The smallest absolute Gasteiger partial charge is 0.167 e. The minimum absolute atomic E-state index is 0.00661. The van der Waals surface area contributed by atoms with Crippen LogP contribution in [0, 0.1) is 0 Å². The summed E-state index contributed by atoms with van der Waals surface area (Å²) >= 11 is 0. The number of Topliss-reactive ketones (excluding diaryl/α,β-unsaturated/α-hetero) is 1. The number of hydrogen-bond acceptors (Lipinski definition) is 3. The summed E-state index contributed by atoms with van der Waals surface area (Å²) in [6, 6.07) is 11.8. The Morgan fingerprint density at radius 1 is 1.24 bits per heavy atom. The fourth-order valence-corrected chi connectivity index (χ4v) is 1.53. The van der Waals surface area contributed by atoms with Gasteiger partial charge in [0.15, 0.2) is 5.78 Å². The van der Waals surface area contributed by atoms with E-state index in [2.05, 4.69) is 4.98 Å². The van der Waals surface area contributed by atoms with Crippen LogP contribution in [0.1, 0.15) is 6.92 Å². The number of pyridine rings is 1. The SMILES string of the molecule is CC(=O)COc1cnccc1-c1ccccc1. The molecule has 0 saturated carbocycles. The van der Waals surface area contributed by atoms with Crippen molar-refractivity contribution in [2.45, 2.75) is 6.92 Å². The van der Waals surface area contributed by atoms with Crippen molar-refractivity contribution in [2.24, 2.45) is 0 Å². The van der Waals surface area contributed by atoms with E-state index < -0.39 is 0 Å². The van der Waals surface area contributed by atoms with E-state index in [1.54, 1.807) is 12.4 Å². The van der Waals surface area contributed by atoms with E-state index >= 15 is 0 Å². The van der Waals surface area contributed by atoms with Crippen LogP contribution in [-0.4, -0.2) is 17.4 Å². The highest BCUT2D eigenvalue weighted by Crippen LogP contribution is 2.28. The lowest BCUT2D eigenvalue weighted by Gasteiger charge is -2.09. The number of ketones is 1. The van der Waals surface area contributed by atoms with Gasteiger partial charge in [-0.25, -0.2) is 0 Å². The molecule has 0 atom stereocenters. The van der Waals surface area contributed by atoms with E-state index in [0.29, 0.717) is 5.75 Å². The average Bonchev–Trinajstić information content (AvgIpc) is 2.38. The van der Waals surface area contributed by atoms with Gasteiger partial charge >= 0.3 is 0 Å². The quantitative estimate of drug-likeness (QED) is 0.806. The second-order valence-corrected chi connectivity index (χ2v) is 3.73. The number of ether oxygens (including phenoxy) is 1. The maximum atomic E-state index is 10.9. The normalized spacial score (nSPS) is 9.94. The molecule has 17 heavy (non-hydrogen) atoms. The van der Waals surface area contributed by atoms with E-state index in [1.165, 1.54) is 6.92 Å². The Morgan fingerprint density at radius 3 is 2.71 bits per heavy atom. The van der Waals surface area contributed by atoms with E-state index in [-0.39, 0.29) is 12.4 Å². The number of carbonyl (C=O) groups excluding carboxylic acids is 1. The van der Waals surface area contributed by atoms with Crippen molar-refractivity contribution in [3.63, 3.8) is 0 Å². The van der Waals surface area contributed by atoms with Crippen LogP contribution in [0.25, 0.3) is 11.1 Å². The molecule has 0 radical (unpaired) electrons. The van der Waals surface area contributed by atoms with Crippen LogP contribution in [0.5, 0.6) is 5.75 Å². The molecule has 86 valence electrons. The van der Waals surface area contributed by atoms with Crippen molar-refractivity contribution in [2.75, 3.05) is 6.61 Å². The predicted octanol–water partition coefficient (Wildman–Crippen LogP) is 2.72. The molecule has 2 aromatic rings. The van der Waals surface area contributed by atoms with Gasteiger partial charge in [0, 0.05) is 11.8 Å². The molecular weight excluding hydrogens is 214 g/mol. The molecule has 0 saturated heterocycles. The number of rotatable bonds is 4. The Labute approximate surface area is 100 Å². The van der Waals surface area contributed by atoms with Gasteiger partial charge in [-0.15, -0.1) is 0 Å². The third-order valence-electron chi connectivity index (χ3n) is 2.30. The predicted molar refractivity (Wildman–Crippen MR) is 65.8 cm³/mol. The molecule has 0 bridgehead atoms. The molecular formula is C14H13NO2. The van der Waals surface area contributed by atoms with E-state index in [0.717, 1.165) is 11.1 Å². The number of hydrogen-bond donors (Lipinski definition) is 0. The molecule has 0 aliphatic rings. The minimum Gasteiger partial charge on any atom is -0.484 e. The third-order valence-corrected chi connectivity index (χ3v) is 2.30. The van der Waals surface area contributed by atoms with Gasteiger partial charge in [-0.05, 0) is 18.6 Å². The van der Waals surface area contributed by atoms with Gasteiger partial charge in [0.05, 0.1) is 6.20 Å². The average molecular weight is 227 g/mol. The summed E-state index contributed by atoms with van der Waals surface area (Å²) in [5.74, 6) is 0.627. The molecule has 3 heteroatoms. The van der Waals surface area contributed by atoms with E-state index in [1.807, 2.05) is 36.4 Å². The number of nitrogens with zero attached hydrogens (tertiary/aromatic N) is 1. The lowest BCUT2D eigenvalue weighted by molar-refractivity contribution is -0.118. The van der Waals surface area contributed by atoms with Crippen molar-refractivity contribution in [1.82, 2.24) is 4.98 Å². The Hall–Kier alpha value is -2.16. The summed E-state index contributed by atoms with van der Waals surface area (Å²) in [6.07, 6.45) is 3.34. The van der Waals surface area contributed by atoms with Gasteiger partial charge in [0.25, 0.3) is 0 Å². The van der Waals surface area contributed by atoms with Crippen LogP contribution in [0.4, 0.5) is 0 Å². The van der Waals surface area contributed by atoms with Gasteiger partial charge in [0.1, 0.15) is 12.4 Å². The molecule has 1 aromatic heterocycles. The first-order valence-corrected chi connectivity index (χ1v) is 5.39. The van der Waals surface area contributed by atoms with Gasteiger partial charge in [-0.2, -0.15) is 0 Å². The van der Waals surface area contributed by atoms with Crippen LogP contribution < -0.4 is 4.74 Å². The monoisotopic (exact) mass is 227 g/mol. The van der Waals surface area contributed by atoms with Gasteiger partial charge in [-0.3, -0.25) is 9.78 Å². The molecule has 0 N–H and O–H groups in total. The second kappa shape index (κ2) is 5.25. The van der Waals surface area contributed by atoms with Crippen LogP contribution >= 0.6 is 0 Å². The number of benzene rings is 1. The Balaban J connectivity index is 2.31. The summed E-state index contributed by atoms with van der Waals surface area (Å²) < 4.78 is 5.44. The third kappa shape index (κ3) is 2.91. The largest absolute Gasteiger partial charge is 0.484 e. The van der Waals surface area contributed by atoms with Crippen molar-refractivity contribution >= 4 is 5.78 Å². The minimum atomic E-state index is -0.00661. The lowest BCUT2D eigenvalue weighted by Crippen LogP contribution is -2.07. The zero-order chi connectivity index (χ0) is 12.1. The van der Waals surface area contributed by atoms with Crippen molar-refractivity contribution in [3.05, 3.63) is 48.8 Å². The summed E-state index contributed by atoms with van der Waals surface area (Å²) in [7, 11) is 0. The van der Waals surface area contributed by atoms with Crippen LogP contribution in [0.3, 0.4) is 0 Å². The Bertz CT molecular complexity index is 509. The van der Waals surface area contributed by atoms with Crippen LogP contribution in [0.2, 0.25) is 0 Å². The van der Waals surface area contributed by atoms with E-state index in [4.69, 9.17) is 4.74 Å². The maximum Gasteiger partial charge on any atom is 0.167 e. The van der Waals surface area contributed by atoms with Crippen molar-refractivity contribution < 1.29 is 9.53 Å². The maximum absolute atomic E-state index is 10.9.